The van der Waals surface area contributed by atoms with Crippen LogP contribution >= 0.6 is 0 Å². The summed E-state index contributed by atoms with van der Waals surface area (Å²) in [5.41, 5.74) is 2.77. The van der Waals surface area contributed by atoms with Crippen LogP contribution in [-0.4, -0.2) is 9.97 Å². The van der Waals surface area contributed by atoms with Crippen LogP contribution in [-0.2, 0) is 6.61 Å². The van der Waals surface area contributed by atoms with Gasteiger partial charge in [0.05, 0.1) is 0 Å². The average Bonchev–Trinajstić information content (AvgIpc) is 2.38. The highest BCUT2D eigenvalue weighted by Gasteiger charge is 2.03. The topological polar surface area (TPSA) is 73.1 Å². The highest BCUT2D eigenvalue weighted by atomic mass is 19.1. The summed E-state index contributed by atoms with van der Waals surface area (Å²) < 4.78 is 18.6. The van der Waals surface area contributed by atoms with Crippen LogP contribution in [0.4, 0.5) is 10.3 Å². The summed E-state index contributed by atoms with van der Waals surface area (Å²) in [6.45, 7) is 0.105. The van der Waals surface area contributed by atoms with Crippen molar-refractivity contribution in [1.29, 1.82) is 0 Å². The largest absolute Gasteiger partial charge is 0.473 e. The molecule has 0 atom stereocenters. The van der Waals surface area contributed by atoms with Gasteiger partial charge in [-0.05, 0) is 6.07 Å². The van der Waals surface area contributed by atoms with E-state index in [9.17, 15) is 4.39 Å². The minimum absolute atomic E-state index is 0.105. The number of nitrogens with zero attached hydrogens (tertiary/aromatic N) is 2. The number of anilines is 1. The molecule has 0 spiro atoms. The standard InChI is InChI=1S/C11H11FN4O/c12-9-4-2-1-3-8(9)7-17-10-5-6-14-11(15-10)16-13/h1-6H,7,13H2,(H,14,15,16). The molecule has 0 aliphatic heterocycles. The van der Waals surface area contributed by atoms with Crippen LogP contribution in [0, 0.1) is 5.82 Å². The van der Waals surface area contributed by atoms with Gasteiger partial charge in [0.25, 0.3) is 0 Å². The summed E-state index contributed by atoms with van der Waals surface area (Å²) in [5, 5.41) is 0. The summed E-state index contributed by atoms with van der Waals surface area (Å²) in [5.74, 6) is 5.43. The third-order valence-electron chi connectivity index (χ3n) is 2.09. The van der Waals surface area contributed by atoms with Gasteiger partial charge in [0.1, 0.15) is 12.4 Å². The number of nitrogens with one attached hydrogen (secondary N) is 1. The van der Waals surface area contributed by atoms with Gasteiger partial charge in [0.15, 0.2) is 0 Å². The molecule has 0 aliphatic carbocycles. The number of hydrazine groups is 1. The molecule has 1 aromatic carbocycles. The Labute approximate surface area is 97.4 Å². The molecule has 3 N–H and O–H groups in total. The Morgan fingerprint density at radius 1 is 1.29 bits per heavy atom. The number of hydrogen-bond acceptors (Lipinski definition) is 5. The van der Waals surface area contributed by atoms with Gasteiger partial charge in [-0.3, -0.25) is 5.43 Å². The van der Waals surface area contributed by atoms with Gasteiger partial charge in [-0.15, -0.1) is 0 Å². The second-order valence-electron chi connectivity index (χ2n) is 3.24. The highest BCUT2D eigenvalue weighted by Crippen LogP contribution is 2.12. The average molecular weight is 234 g/mol. The number of hydrogen-bond donors (Lipinski definition) is 2. The number of halogens is 1. The second kappa shape index (κ2) is 5.22. The second-order valence-corrected chi connectivity index (χ2v) is 3.24. The Kier molecular flexibility index (Phi) is 3.46. The number of ether oxygens (including phenoxy) is 1. The Hall–Kier alpha value is -2.21. The maximum absolute atomic E-state index is 13.3. The van der Waals surface area contributed by atoms with Crippen molar-refractivity contribution < 1.29 is 9.13 Å². The predicted octanol–water partition coefficient (Wildman–Crippen LogP) is 1.48. The van der Waals surface area contributed by atoms with E-state index < -0.39 is 0 Å². The zero-order valence-electron chi connectivity index (χ0n) is 8.93. The molecule has 0 amide bonds. The molecule has 5 nitrogen and oxygen atoms in total. The van der Waals surface area contributed by atoms with Crippen molar-refractivity contribution in [3.63, 3.8) is 0 Å². The van der Waals surface area contributed by atoms with Crippen LogP contribution in [0.2, 0.25) is 0 Å². The summed E-state index contributed by atoms with van der Waals surface area (Å²) in [4.78, 5) is 7.77. The highest BCUT2D eigenvalue weighted by molar-refractivity contribution is 5.25. The van der Waals surface area contributed by atoms with Crippen LogP contribution in [0.1, 0.15) is 5.56 Å². The van der Waals surface area contributed by atoms with E-state index in [4.69, 9.17) is 10.6 Å². The quantitative estimate of drug-likeness (QED) is 0.619. The monoisotopic (exact) mass is 234 g/mol. The van der Waals surface area contributed by atoms with E-state index in [0.717, 1.165) is 0 Å². The van der Waals surface area contributed by atoms with Gasteiger partial charge >= 0.3 is 0 Å². The lowest BCUT2D eigenvalue weighted by molar-refractivity contribution is 0.288. The Balaban J connectivity index is 2.05. The summed E-state index contributed by atoms with van der Waals surface area (Å²) in [6.07, 6.45) is 1.50. The molecule has 0 saturated carbocycles. The van der Waals surface area contributed by atoms with Crippen LogP contribution in [0.3, 0.4) is 0 Å². The zero-order valence-corrected chi connectivity index (χ0v) is 8.93. The number of nitrogen functional groups attached to an aromatic ring is 1. The third-order valence-corrected chi connectivity index (χ3v) is 2.09. The molecule has 17 heavy (non-hydrogen) atoms. The van der Waals surface area contributed by atoms with Crippen LogP contribution < -0.4 is 16.0 Å². The first kappa shape index (κ1) is 11.3. The zero-order chi connectivity index (χ0) is 12.1. The first-order valence-electron chi connectivity index (χ1n) is 4.95. The van der Waals surface area contributed by atoms with Crippen LogP contribution in [0.5, 0.6) is 5.88 Å². The Morgan fingerprint density at radius 2 is 2.12 bits per heavy atom. The van der Waals surface area contributed by atoms with E-state index in [1.807, 2.05) is 0 Å². The minimum Gasteiger partial charge on any atom is -0.473 e. The molecule has 0 fully saturated rings. The molecule has 2 rings (SSSR count). The molecular formula is C11H11FN4O. The molecule has 0 bridgehead atoms. The molecule has 1 heterocycles. The summed E-state index contributed by atoms with van der Waals surface area (Å²) >= 11 is 0. The number of aromatic nitrogens is 2. The van der Waals surface area contributed by atoms with Gasteiger partial charge < -0.3 is 4.74 Å². The fraction of sp³-hybridized carbons (Fsp3) is 0.0909. The Bertz CT molecular complexity index is 506. The van der Waals surface area contributed by atoms with E-state index in [-0.39, 0.29) is 18.4 Å². The van der Waals surface area contributed by atoms with Crippen LogP contribution in [0.15, 0.2) is 36.5 Å². The van der Waals surface area contributed by atoms with Gasteiger partial charge in [-0.2, -0.15) is 4.98 Å². The molecule has 0 radical (unpaired) electrons. The predicted molar refractivity (Wildman–Crippen MR) is 60.6 cm³/mol. The van der Waals surface area contributed by atoms with E-state index in [1.165, 1.54) is 12.3 Å². The SMILES string of the molecule is NNc1nccc(OCc2ccccc2F)n1. The van der Waals surface area contributed by atoms with Gasteiger partial charge in [-0.25, -0.2) is 15.2 Å². The number of rotatable bonds is 4. The lowest BCUT2D eigenvalue weighted by Crippen LogP contribution is -2.10. The molecule has 2 aromatic rings. The fourth-order valence-electron chi connectivity index (χ4n) is 1.26. The molecule has 6 heteroatoms. The summed E-state index contributed by atoms with van der Waals surface area (Å²) in [6, 6.07) is 7.97. The van der Waals surface area contributed by atoms with E-state index in [1.54, 1.807) is 24.3 Å². The maximum atomic E-state index is 13.3. The lowest BCUT2D eigenvalue weighted by atomic mass is 10.2. The van der Waals surface area contributed by atoms with Crippen molar-refractivity contribution >= 4 is 5.95 Å². The lowest BCUT2D eigenvalue weighted by Gasteiger charge is -2.06. The van der Waals surface area contributed by atoms with Crippen molar-refractivity contribution in [2.75, 3.05) is 5.43 Å². The van der Waals surface area contributed by atoms with Gasteiger partial charge in [0.2, 0.25) is 11.8 Å². The molecule has 1 aromatic heterocycles. The normalized spacial score (nSPS) is 10.0. The number of benzene rings is 1. The first-order valence-corrected chi connectivity index (χ1v) is 4.95. The summed E-state index contributed by atoms with van der Waals surface area (Å²) in [7, 11) is 0. The van der Waals surface area contributed by atoms with Crippen molar-refractivity contribution in [2.24, 2.45) is 5.84 Å². The van der Waals surface area contributed by atoms with Gasteiger partial charge in [0, 0.05) is 17.8 Å². The van der Waals surface area contributed by atoms with Crippen molar-refractivity contribution in [3.8, 4) is 5.88 Å². The smallest absolute Gasteiger partial charge is 0.240 e. The van der Waals surface area contributed by atoms with Crippen LogP contribution in [0.25, 0.3) is 0 Å². The first-order chi connectivity index (χ1) is 8.29. The fourth-order valence-corrected chi connectivity index (χ4v) is 1.26. The third kappa shape index (κ3) is 2.88. The number of nitrogens with two attached hydrogens (primary N) is 1. The minimum atomic E-state index is -0.307. The van der Waals surface area contributed by atoms with Gasteiger partial charge in [-0.1, -0.05) is 18.2 Å². The molecule has 0 saturated heterocycles. The van der Waals surface area contributed by atoms with Crippen molar-refractivity contribution in [3.05, 3.63) is 47.9 Å². The maximum Gasteiger partial charge on any atom is 0.240 e. The van der Waals surface area contributed by atoms with E-state index >= 15 is 0 Å². The molecule has 0 unspecified atom stereocenters. The molecule has 88 valence electrons. The molecular weight excluding hydrogens is 223 g/mol. The van der Waals surface area contributed by atoms with Crippen molar-refractivity contribution in [1.82, 2.24) is 9.97 Å². The van der Waals surface area contributed by atoms with E-state index in [0.29, 0.717) is 11.4 Å². The molecule has 0 aliphatic rings. The van der Waals surface area contributed by atoms with E-state index in [2.05, 4.69) is 15.4 Å². The van der Waals surface area contributed by atoms with Crippen molar-refractivity contribution in [2.45, 2.75) is 6.61 Å². The Morgan fingerprint density at radius 3 is 2.88 bits per heavy atom.